The van der Waals surface area contributed by atoms with Crippen LogP contribution in [0.15, 0.2) is 60.7 Å². The molecule has 152 valence electrons. The molecule has 5 nitrogen and oxygen atoms in total. The first-order valence-electron chi connectivity index (χ1n) is 10.6. The van der Waals surface area contributed by atoms with E-state index in [-0.39, 0.29) is 0 Å². The van der Waals surface area contributed by atoms with Crippen molar-refractivity contribution >= 4 is 17.2 Å². The second-order valence-electron chi connectivity index (χ2n) is 8.08. The van der Waals surface area contributed by atoms with Gasteiger partial charge < -0.3 is 9.80 Å². The molecule has 1 aliphatic heterocycles. The molecule has 1 saturated heterocycles. The van der Waals surface area contributed by atoms with Gasteiger partial charge in [-0.2, -0.15) is 9.61 Å². The van der Waals surface area contributed by atoms with Crippen molar-refractivity contribution in [2.45, 2.75) is 20.8 Å². The molecule has 30 heavy (non-hydrogen) atoms. The first-order valence-corrected chi connectivity index (χ1v) is 10.6. The van der Waals surface area contributed by atoms with Crippen LogP contribution in [0.1, 0.15) is 17.0 Å². The fraction of sp³-hybridized carbons (Fsp3) is 0.280. The Labute approximate surface area is 177 Å². The number of aromatic nitrogens is 3. The van der Waals surface area contributed by atoms with E-state index < -0.39 is 0 Å². The smallest absolute Gasteiger partial charge is 0.165 e. The molecule has 4 aromatic rings. The lowest BCUT2D eigenvalue weighted by Crippen LogP contribution is -2.47. The zero-order chi connectivity index (χ0) is 20.7. The molecule has 2 aromatic heterocycles. The van der Waals surface area contributed by atoms with E-state index in [2.05, 4.69) is 85.2 Å². The minimum absolute atomic E-state index is 0.940. The van der Waals surface area contributed by atoms with Crippen molar-refractivity contribution in [2.75, 3.05) is 36.0 Å². The Morgan fingerprint density at radius 2 is 1.43 bits per heavy atom. The number of piperazine rings is 1. The maximum atomic E-state index is 4.90. The number of hydrogen-bond acceptors (Lipinski definition) is 4. The first-order chi connectivity index (χ1) is 14.6. The highest BCUT2D eigenvalue weighted by Crippen LogP contribution is 2.31. The normalized spacial score (nSPS) is 14.5. The Hall–Kier alpha value is -3.34. The van der Waals surface area contributed by atoms with Crippen molar-refractivity contribution in [3.05, 3.63) is 77.6 Å². The standard InChI is InChI=1S/C25H27N5/c1-18-9-7-8-12-22(18)28-13-15-29(16-14-28)23-17-19(2)26-25-24(20(3)27-30(23)25)21-10-5-4-6-11-21/h4-12,17H,13-16H2,1-3H3. The average molecular weight is 398 g/mol. The van der Waals surface area contributed by atoms with Crippen molar-refractivity contribution in [3.8, 4) is 11.1 Å². The second kappa shape index (κ2) is 7.48. The van der Waals surface area contributed by atoms with Gasteiger partial charge in [0.25, 0.3) is 0 Å². The number of nitrogens with zero attached hydrogens (tertiary/aromatic N) is 5. The summed E-state index contributed by atoms with van der Waals surface area (Å²) in [4.78, 5) is 9.79. The summed E-state index contributed by atoms with van der Waals surface area (Å²) in [5.74, 6) is 1.13. The van der Waals surface area contributed by atoms with Gasteiger partial charge in [0, 0.05) is 49.2 Å². The molecule has 1 aliphatic rings. The van der Waals surface area contributed by atoms with Crippen LogP contribution in [-0.4, -0.2) is 40.8 Å². The van der Waals surface area contributed by atoms with Crippen LogP contribution in [0, 0.1) is 20.8 Å². The van der Waals surface area contributed by atoms with Gasteiger partial charge in [-0.05, 0) is 38.0 Å². The van der Waals surface area contributed by atoms with Crippen LogP contribution < -0.4 is 9.80 Å². The number of anilines is 2. The Morgan fingerprint density at radius 3 is 2.17 bits per heavy atom. The number of rotatable bonds is 3. The molecule has 0 N–H and O–H groups in total. The Bertz CT molecular complexity index is 1190. The zero-order valence-electron chi connectivity index (χ0n) is 17.8. The van der Waals surface area contributed by atoms with Crippen LogP contribution in [0.2, 0.25) is 0 Å². The Morgan fingerprint density at radius 1 is 0.767 bits per heavy atom. The van der Waals surface area contributed by atoms with E-state index in [0.717, 1.165) is 54.6 Å². The highest BCUT2D eigenvalue weighted by atomic mass is 15.4. The van der Waals surface area contributed by atoms with E-state index in [1.54, 1.807) is 0 Å². The molecule has 0 atom stereocenters. The summed E-state index contributed by atoms with van der Waals surface area (Å²) in [7, 11) is 0. The molecule has 3 heterocycles. The van der Waals surface area contributed by atoms with Crippen molar-refractivity contribution < 1.29 is 0 Å². The number of para-hydroxylation sites is 1. The summed E-state index contributed by atoms with van der Waals surface area (Å²) in [5, 5.41) is 4.90. The van der Waals surface area contributed by atoms with Crippen LogP contribution in [0.5, 0.6) is 0 Å². The van der Waals surface area contributed by atoms with Gasteiger partial charge in [0.1, 0.15) is 5.82 Å². The van der Waals surface area contributed by atoms with Gasteiger partial charge in [0.15, 0.2) is 5.65 Å². The highest BCUT2D eigenvalue weighted by Gasteiger charge is 2.23. The highest BCUT2D eigenvalue weighted by molar-refractivity contribution is 5.81. The van der Waals surface area contributed by atoms with Gasteiger partial charge in [-0.1, -0.05) is 48.5 Å². The quantitative estimate of drug-likeness (QED) is 0.504. The van der Waals surface area contributed by atoms with E-state index in [4.69, 9.17) is 10.1 Å². The fourth-order valence-corrected chi connectivity index (χ4v) is 4.49. The van der Waals surface area contributed by atoms with E-state index in [0.29, 0.717) is 0 Å². The third-order valence-electron chi connectivity index (χ3n) is 6.00. The summed E-state index contributed by atoms with van der Waals surface area (Å²) >= 11 is 0. The van der Waals surface area contributed by atoms with Gasteiger partial charge in [0.2, 0.25) is 0 Å². The molecule has 0 bridgehead atoms. The van der Waals surface area contributed by atoms with Crippen molar-refractivity contribution in [3.63, 3.8) is 0 Å². The van der Waals surface area contributed by atoms with E-state index in [1.165, 1.54) is 16.8 Å². The molecule has 5 rings (SSSR count). The summed E-state index contributed by atoms with van der Waals surface area (Å²) < 4.78 is 2.04. The third-order valence-corrected chi connectivity index (χ3v) is 6.00. The van der Waals surface area contributed by atoms with Gasteiger partial charge >= 0.3 is 0 Å². The third kappa shape index (κ3) is 3.20. The van der Waals surface area contributed by atoms with Gasteiger partial charge in [-0.3, -0.25) is 0 Å². The van der Waals surface area contributed by atoms with Crippen LogP contribution in [0.3, 0.4) is 0 Å². The minimum Gasteiger partial charge on any atom is -0.368 e. The molecule has 0 amide bonds. The molecule has 0 radical (unpaired) electrons. The summed E-state index contributed by atoms with van der Waals surface area (Å²) in [6.45, 7) is 10.3. The molecule has 1 fully saturated rings. The number of fused-ring (bicyclic) bond motifs is 1. The van der Waals surface area contributed by atoms with Gasteiger partial charge in [-0.15, -0.1) is 0 Å². The average Bonchev–Trinajstić information content (AvgIpc) is 3.10. The van der Waals surface area contributed by atoms with Crippen molar-refractivity contribution in [1.82, 2.24) is 14.6 Å². The predicted molar refractivity (Wildman–Crippen MR) is 124 cm³/mol. The van der Waals surface area contributed by atoms with E-state index in [1.807, 2.05) is 10.6 Å². The molecular weight excluding hydrogens is 370 g/mol. The molecule has 2 aromatic carbocycles. The molecular formula is C25H27N5. The fourth-order valence-electron chi connectivity index (χ4n) is 4.49. The Balaban J connectivity index is 1.49. The SMILES string of the molecule is Cc1cc(N2CCN(c3ccccc3C)CC2)n2nc(C)c(-c3ccccc3)c2n1. The van der Waals surface area contributed by atoms with Crippen molar-refractivity contribution in [2.24, 2.45) is 0 Å². The maximum Gasteiger partial charge on any atom is 0.165 e. The number of benzene rings is 2. The van der Waals surface area contributed by atoms with Crippen LogP contribution in [-0.2, 0) is 0 Å². The lowest BCUT2D eigenvalue weighted by molar-refractivity contribution is 0.637. The largest absolute Gasteiger partial charge is 0.368 e. The van der Waals surface area contributed by atoms with Gasteiger partial charge in [0.05, 0.1) is 5.69 Å². The van der Waals surface area contributed by atoms with Crippen LogP contribution in [0.4, 0.5) is 11.5 Å². The molecule has 0 unspecified atom stereocenters. The lowest BCUT2D eigenvalue weighted by atomic mass is 10.1. The van der Waals surface area contributed by atoms with Crippen LogP contribution >= 0.6 is 0 Å². The summed E-state index contributed by atoms with van der Waals surface area (Å²) in [6.07, 6.45) is 0. The van der Waals surface area contributed by atoms with Gasteiger partial charge in [-0.25, -0.2) is 4.98 Å². The Kier molecular flexibility index (Phi) is 4.66. The molecule has 0 spiro atoms. The maximum absolute atomic E-state index is 4.90. The summed E-state index contributed by atoms with van der Waals surface area (Å²) in [6, 6.07) is 21.3. The monoisotopic (exact) mass is 397 g/mol. The van der Waals surface area contributed by atoms with E-state index in [9.17, 15) is 0 Å². The predicted octanol–water partition coefficient (Wildman–Crippen LogP) is 4.65. The number of aryl methyl sites for hydroxylation is 3. The molecule has 5 heteroatoms. The van der Waals surface area contributed by atoms with Crippen molar-refractivity contribution in [1.29, 1.82) is 0 Å². The topological polar surface area (TPSA) is 36.7 Å². The van der Waals surface area contributed by atoms with E-state index >= 15 is 0 Å². The minimum atomic E-state index is 0.940. The first kappa shape index (κ1) is 18.7. The molecule has 0 aliphatic carbocycles. The zero-order valence-corrected chi connectivity index (χ0v) is 17.8. The number of hydrogen-bond donors (Lipinski definition) is 0. The summed E-state index contributed by atoms with van der Waals surface area (Å²) in [5.41, 5.74) is 7.94. The molecule has 0 saturated carbocycles. The second-order valence-corrected chi connectivity index (χ2v) is 8.08. The lowest BCUT2D eigenvalue weighted by Gasteiger charge is -2.37. The van der Waals surface area contributed by atoms with Crippen LogP contribution in [0.25, 0.3) is 16.8 Å².